The van der Waals surface area contributed by atoms with Crippen LogP contribution in [0.3, 0.4) is 0 Å². The van der Waals surface area contributed by atoms with E-state index in [4.69, 9.17) is 9.47 Å². The largest absolute Gasteiger partial charge is 0.394 e. The summed E-state index contributed by atoms with van der Waals surface area (Å²) in [4.78, 5) is 12.6. The van der Waals surface area contributed by atoms with E-state index < -0.39 is 49.5 Å². The molecule has 6 N–H and O–H groups in total. The Morgan fingerprint density at radius 1 is 0.805 bits per heavy atom. The van der Waals surface area contributed by atoms with E-state index in [0.717, 1.165) is 51.4 Å². The van der Waals surface area contributed by atoms with Gasteiger partial charge in [0.2, 0.25) is 5.91 Å². The van der Waals surface area contributed by atoms with Gasteiger partial charge in [0.25, 0.3) is 0 Å². The number of hydrogen-bond donors (Lipinski definition) is 6. The number of allylic oxidation sites excluding steroid dienone is 1. The van der Waals surface area contributed by atoms with Crippen molar-refractivity contribution in [2.75, 3.05) is 13.2 Å². The normalized spacial score (nSPS) is 24.5. The molecule has 242 valence electrons. The van der Waals surface area contributed by atoms with Crippen LogP contribution in [-0.4, -0.2) is 87.5 Å². The van der Waals surface area contributed by atoms with Crippen LogP contribution in [0.4, 0.5) is 0 Å². The molecule has 1 saturated heterocycles. The Bertz CT molecular complexity index is 662. The number of rotatable bonds is 25. The van der Waals surface area contributed by atoms with Gasteiger partial charge in [-0.15, -0.1) is 0 Å². The molecular formula is C32H61NO8. The summed E-state index contributed by atoms with van der Waals surface area (Å²) in [5.41, 5.74) is 0. The average Bonchev–Trinajstić information content (AvgIpc) is 2.97. The maximum absolute atomic E-state index is 12.6. The standard InChI is InChI=1S/C32H61NO8/c1-3-5-7-9-10-11-12-13-14-15-16-18-19-21-26(35)25(33-28(36)22-20-17-8-6-4-2)24-40-32-31(39)30(38)29(37)27(23-34)41-32/h19,21,25-27,29-32,34-35,37-39H,3-18,20,22-24H2,1-2H3,(H,33,36)/b21-19+/t25-,26+,27+,29-,30?,31?,32-/m0/s1. The first-order valence-corrected chi connectivity index (χ1v) is 16.4. The number of amides is 1. The number of carbonyl (C=O) groups excluding carboxylic acids is 1. The number of aliphatic hydroxyl groups excluding tert-OH is 5. The molecular weight excluding hydrogens is 526 g/mol. The molecule has 0 saturated carbocycles. The summed E-state index contributed by atoms with van der Waals surface area (Å²) in [5.74, 6) is -0.193. The van der Waals surface area contributed by atoms with Crippen molar-refractivity contribution in [1.29, 1.82) is 0 Å². The summed E-state index contributed by atoms with van der Waals surface area (Å²) in [6, 6.07) is -0.793. The summed E-state index contributed by atoms with van der Waals surface area (Å²) in [6.07, 6.45) is 15.8. The lowest BCUT2D eigenvalue weighted by Crippen LogP contribution is -2.60. The van der Waals surface area contributed by atoms with Gasteiger partial charge in [0.05, 0.1) is 25.4 Å². The molecule has 1 amide bonds. The van der Waals surface area contributed by atoms with Crippen LogP contribution in [0.5, 0.6) is 0 Å². The maximum atomic E-state index is 12.6. The van der Waals surface area contributed by atoms with Gasteiger partial charge in [-0.25, -0.2) is 0 Å². The molecule has 0 aromatic carbocycles. The van der Waals surface area contributed by atoms with Crippen molar-refractivity contribution in [2.24, 2.45) is 0 Å². The zero-order chi connectivity index (χ0) is 30.3. The van der Waals surface area contributed by atoms with Gasteiger partial charge in [-0.3, -0.25) is 4.79 Å². The minimum absolute atomic E-state index is 0.186. The highest BCUT2D eigenvalue weighted by Gasteiger charge is 2.44. The Hall–Kier alpha value is -1.07. The fourth-order valence-electron chi connectivity index (χ4n) is 5.09. The van der Waals surface area contributed by atoms with Crippen LogP contribution >= 0.6 is 0 Å². The lowest BCUT2D eigenvalue weighted by atomic mass is 9.99. The highest BCUT2D eigenvalue weighted by molar-refractivity contribution is 5.76. The summed E-state index contributed by atoms with van der Waals surface area (Å²) < 4.78 is 11.0. The van der Waals surface area contributed by atoms with Crippen LogP contribution in [0.2, 0.25) is 0 Å². The van der Waals surface area contributed by atoms with E-state index in [0.29, 0.717) is 6.42 Å². The number of hydrogen-bond acceptors (Lipinski definition) is 8. The minimum Gasteiger partial charge on any atom is -0.394 e. The number of nitrogens with one attached hydrogen (secondary N) is 1. The molecule has 1 heterocycles. The van der Waals surface area contributed by atoms with E-state index in [2.05, 4.69) is 19.2 Å². The molecule has 41 heavy (non-hydrogen) atoms. The predicted octanol–water partition coefficient (Wildman–Crippen LogP) is 4.27. The second-order valence-corrected chi connectivity index (χ2v) is 11.6. The summed E-state index contributed by atoms with van der Waals surface area (Å²) in [7, 11) is 0. The maximum Gasteiger partial charge on any atom is 0.220 e. The Balaban J connectivity index is 2.50. The molecule has 1 aliphatic heterocycles. The highest BCUT2D eigenvalue weighted by atomic mass is 16.7. The topological polar surface area (TPSA) is 149 Å². The van der Waals surface area contributed by atoms with E-state index in [1.807, 2.05) is 6.08 Å². The second-order valence-electron chi connectivity index (χ2n) is 11.6. The molecule has 1 aliphatic rings. The fourth-order valence-corrected chi connectivity index (χ4v) is 5.09. The molecule has 2 unspecified atom stereocenters. The third-order valence-electron chi connectivity index (χ3n) is 7.86. The fraction of sp³-hybridized carbons (Fsp3) is 0.906. The van der Waals surface area contributed by atoms with E-state index in [9.17, 15) is 30.3 Å². The molecule has 1 fully saturated rings. The Morgan fingerprint density at radius 3 is 1.90 bits per heavy atom. The smallest absolute Gasteiger partial charge is 0.220 e. The number of aliphatic hydroxyl groups is 5. The lowest BCUT2D eigenvalue weighted by molar-refractivity contribution is -0.302. The van der Waals surface area contributed by atoms with Crippen molar-refractivity contribution in [1.82, 2.24) is 5.32 Å². The van der Waals surface area contributed by atoms with Crippen molar-refractivity contribution < 1.29 is 39.8 Å². The second kappa shape index (κ2) is 24.4. The molecule has 9 heteroatoms. The zero-order valence-corrected chi connectivity index (χ0v) is 25.8. The Kier molecular flexibility index (Phi) is 22.6. The van der Waals surface area contributed by atoms with Crippen molar-refractivity contribution in [3.05, 3.63) is 12.2 Å². The van der Waals surface area contributed by atoms with Crippen LogP contribution in [-0.2, 0) is 14.3 Å². The zero-order valence-electron chi connectivity index (χ0n) is 25.8. The van der Waals surface area contributed by atoms with Crippen LogP contribution in [0.25, 0.3) is 0 Å². The molecule has 7 atom stereocenters. The van der Waals surface area contributed by atoms with Crippen molar-refractivity contribution in [3.63, 3.8) is 0 Å². The van der Waals surface area contributed by atoms with Gasteiger partial charge >= 0.3 is 0 Å². The van der Waals surface area contributed by atoms with Crippen molar-refractivity contribution >= 4 is 5.91 Å². The molecule has 0 aliphatic carbocycles. The first-order valence-electron chi connectivity index (χ1n) is 16.4. The van der Waals surface area contributed by atoms with E-state index in [1.165, 1.54) is 57.8 Å². The molecule has 0 aromatic rings. The number of unbranched alkanes of at least 4 members (excludes halogenated alkanes) is 15. The summed E-state index contributed by atoms with van der Waals surface area (Å²) in [6.45, 7) is 3.63. The minimum atomic E-state index is -1.56. The number of ether oxygens (including phenoxy) is 2. The predicted molar refractivity (Wildman–Crippen MR) is 161 cm³/mol. The Labute approximate surface area is 248 Å². The third kappa shape index (κ3) is 17.0. The van der Waals surface area contributed by atoms with Gasteiger partial charge in [-0.1, -0.05) is 116 Å². The average molecular weight is 588 g/mol. The van der Waals surface area contributed by atoms with Crippen LogP contribution in [0.1, 0.15) is 129 Å². The van der Waals surface area contributed by atoms with Gasteiger partial charge in [0.1, 0.15) is 24.4 Å². The number of carbonyl (C=O) groups is 1. The van der Waals surface area contributed by atoms with Crippen LogP contribution in [0, 0.1) is 0 Å². The van der Waals surface area contributed by atoms with Gasteiger partial charge in [-0.2, -0.15) is 0 Å². The quantitative estimate of drug-likeness (QED) is 0.0685. The van der Waals surface area contributed by atoms with E-state index in [-0.39, 0.29) is 12.5 Å². The summed E-state index contributed by atoms with van der Waals surface area (Å²) >= 11 is 0. The molecule has 0 radical (unpaired) electrons. The summed E-state index contributed by atoms with van der Waals surface area (Å²) in [5, 5.41) is 53.4. The molecule has 0 bridgehead atoms. The lowest BCUT2D eigenvalue weighted by Gasteiger charge is -2.40. The van der Waals surface area contributed by atoms with Crippen LogP contribution < -0.4 is 5.32 Å². The van der Waals surface area contributed by atoms with Crippen molar-refractivity contribution in [2.45, 2.75) is 172 Å². The SMILES string of the molecule is CCCCCCCCCCCCC/C=C/[C@@H](O)[C@H](CO[C@H]1O[C@H](CO)[C@H](O)C(O)C1O)NC(=O)CCCCCCC. The van der Waals surface area contributed by atoms with Crippen molar-refractivity contribution in [3.8, 4) is 0 Å². The monoisotopic (exact) mass is 587 g/mol. The van der Waals surface area contributed by atoms with Gasteiger partial charge in [0, 0.05) is 6.42 Å². The van der Waals surface area contributed by atoms with Gasteiger partial charge in [0.15, 0.2) is 6.29 Å². The van der Waals surface area contributed by atoms with Crippen LogP contribution in [0.15, 0.2) is 12.2 Å². The third-order valence-corrected chi connectivity index (χ3v) is 7.86. The van der Waals surface area contributed by atoms with Gasteiger partial charge in [-0.05, 0) is 19.3 Å². The first kappa shape index (κ1) is 38.0. The Morgan fingerprint density at radius 2 is 1.34 bits per heavy atom. The molecule has 1 rings (SSSR count). The molecule has 9 nitrogen and oxygen atoms in total. The first-order chi connectivity index (χ1) is 19.8. The molecule has 0 aromatic heterocycles. The molecule has 0 spiro atoms. The van der Waals surface area contributed by atoms with E-state index in [1.54, 1.807) is 6.08 Å². The highest BCUT2D eigenvalue weighted by Crippen LogP contribution is 2.22. The van der Waals surface area contributed by atoms with Gasteiger partial charge < -0.3 is 40.3 Å². The van der Waals surface area contributed by atoms with E-state index >= 15 is 0 Å².